The Morgan fingerprint density at radius 1 is 1.15 bits per heavy atom. The average molecular weight is 372 g/mol. The van der Waals surface area contributed by atoms with Crippen LogP contribution in [0, 0.1) is 5.41 Å². The minimum absolute atomic E-state index is 0. The van der Waals surface area contributed by atoms with Crippen molar-refractivity contribution in [2.45, 2.75) is 27.2 Å². The highest BCUT2D eigenvalue weighted by Gasteiger charge is 2.21. The fraction of sp³-hybridized carbons (Fsp3) is 0.476. The molecule has 0 saturated carbocycles. The molecule has 0 radical (unpaired) electrons. The third kappa shape index (κ3) is 5.04. The van der Waals surface area contributed by atoms with Crippen molar-refractivity contribution in [1.29, 1.82) is 0 Å². The highest BCUT2D eigenvalue weighted by molar-refractivity contribution is 6.10. The largest absolute Gasteiger partial charge is 0.383 e. The van der Waals surface area contributed by atoms with Crippen LogP contribution in [0.3, 0.4) is 0 Å². The van der Waals surface area contributed by atoms with Gasteiger partial charge in [0.2, 0.25) is 5.78 Å². The lowest BCUT2D eigenvalue weighted by Crippen LogP contribution is -2.36. The zero-order chi connectivity index (χ0) is 19.4. The van der Waals surface area contributed by atoms with E-state index in [9.17, 15) is 4.79 Å². The molecule has 0 bridgehead atoms. The molecule has 6 heteroatoms. The van der Waals surface area contributed by atoms with Crippen LogP contribution in [-0.4, -0.2) is 53.4 Å². The number of nitrogens with two attached hydrogens (primary N) is 1. The molecule has 6 nitrogen and oxygen atoms in total. The summed E-state index contributed by atoms with van der Waals surface area (Å²) in [6.45, 7) is 11.9. The number of ketones is 1. The van der Waals surface area contributed by atoms with Crippen LogP contribution in [0.2, 0.25) is 0 Å². The minimum atomic E-state index is -0.188. The van der Waals surface area contributed by atoms with Gasteiger partial charge in [0.15, 0.2) is 0 Å². The summed E-state index contributed by atoms with van der Waals surface area (Å²) in [6.07, 6.45) is 2.67. The Kier molecular flexibility index (Phi) is 5.75. The van der Waals surface area contributed by atoms with E-state index in [1.807, 2.05) is 12.1 Å². The summed E-state index contributed by atoms with van der Waals surface area (Å²) < 4.78 is 0. The number of hydrogen-bond acceptors (Lipinski definition) is 6. The quantitative estimate of drug-likeness (QED) is 0.831. The molecule has 2 aromatic heterocycles. The standard InChI is InChI=1S/C21H29N5O.2H2/c1-21(2,3)15-25-11-6-12-26(14-13-25)18-9-4-8-17(24-18)19(27)16-7-5-10-23-20(16)22;;/h4-5,7-10H,6,11-15H2,1-3H3,(H2,22,23);2*1H. The van der Waals surface area contributed by atoms with Gasteiger partial charge in [-0.1, -0.05) is 26.8 Å². The predicted octanol–water partition coefficient (Wildman–Crippen LogP) is 3.34. The Hall–Kier alpha value is -2.47. The second-order valence-corrected chi connectivity index (χ2v) is 8.32. The number of pyridine rings is 2. The number of hydrogen-bond donors (Lipinski definition) is 1. The van der Waals surface area contributed by atoms with Gasteiger partial charge in [0, 0.05) is 35.2 Å². The third-order valence-electron chi connectivity index (χ3n) is 4.66. The maximum absolute atomic E-state index is 12.8. The van der Waals surface area contributed by atoms with Crippen molar-refractivity contribution in [3.8, 4) is 0 Å². The molecule has 1 aliphatic heterocycles. The van der Waals surface area contributed by atoms with E-state index in [0.717, 1.165) is 45.0 Å². The number of anilines is 2. The fourth-order valence-corrected chi connectivity index (χ4v) is 3.50. The second kappa shape index (κ2) is 8.05. The van der Waals surface area contributed by atoms with Gasteiger partial charge in [0.05, 0.1) is 5.56 Å². The number of aromatic nitrogens is 2. The van der Waals surface area contributed by atoms with Crippen LogP contribution in [0.1, 0.15) is 46.1 Å². The summed E-state index contributed by atoms with van der Waals surface area (Å²) in [4.78, 5) is 26.2. The van der Waals surface area contributed by atoms with E-state index in [1.165, 1.54) is 0 Å². The maximum Gasteiger partial charge on any atom is 0.215 e. The van der Waals surface area contributed by atoms with Gasteiger partial charge >= 0.3 is 0 Å². The van der Waals surface area contributed by atoms with Gasteiger partial charge in [0.25, 0.3) is 0 Å². The number of rotatable bonds is 4. The molecular weight excluding hydrogens is 338 g/mol. The normalized spacial score (nSPS) is 16.2. The Morgan fingerprint density at radius 2 is 1.96 bits per heavy atom. The maximum atomic E-state index is 12.8. The molecule has 0 amide bonds. The first-order valence-electron chi connectivity index (χ1n) is 9.53. The number of nitrogen functional groups attached to an aromatic ring is 1. The van der Waals surface area contributed by atoms with Gasteiger partial charge in [-0.3, -0.25) is 4.79 Å². The molecule has 3 heterocycles. The fourth-order valence-electron chi connectivity index (χ4n) is 3.50. The van der Waals surface area contributed by atoms with Crippen molar-refractivity contribution in [1.82, 2.24) is 14.9 Å². The summed E-state index contributed by atoms with van der Waals surface area (Å²) in [7, 11) is 0. The van der Waals surface area contributed by atoms with Gasteiger partial charge in [-0.25, -0.2) is 9.97 Å². The first kappa shape index (κ1) is 19.3. The molecule has 148 valence electrons. The van der Waals surface area contributed by atoms with E-state index < -0.39 is 0 Å². The Bertz CT molecular complexity index is 810. The van der Waals surface area contributed by atoms with E-state index in [1.54, 1.807) is 24.4 Å². The van der Waals surface area contributed by atoms with Crippen molar-refractivity contribution in [2.24, 2.45) is 5.41 Å². The Balaban J connectivity index is 0.00000210. The molecule has 1 fully saturated rings. The van der Waals surface area contributed by atoms with Crippen molar-refractivity contribution < 1.29 is 7.65 Å². The van der Waals surface area contributed by atoms with Crippen LogP contribution in [0.25, 0.3) is 0 Å². The molecule has 0 aromatic carbocycles. The van der Waals surface area contributed by atoms with Gasteiger partial charge < -0.3 is 15.5 Å². The van der Waals surface area contributed by atoms with Crippen molar-refractivity contribution >= 4 is 17.4 Å². The van der Waals surface area contributed by atoms with Crippen LogP contribution >= 0.6 is 0 Å². The predicted molar refractivity (Wildman–Crippen MR) is 113 cm³/mol. The summed E-state index contributed by atoms with van der Waals surface area (Å²) in [5, 5.41) is 0. The highest BCUT2D eigenvalue weighted by Crippen LogP contribution is 2.20. The van der Waals surface area contributed by atoms with Gasteiger partial charge in [-0.15, -0.1) is 0 Å². The molecule has 2 aromatic rings. The Morgan fingerprint density at radius 3 is 2.70 bits per heavy atom. The molecule has 2 N–H and O–H groups in total. The molecular formula is C21H33N5O. The van der Waals surface area contributed by atoms with Gasteiger partial charge in [-0.05, 0) is 42.6 Å². The first-order valence-corrected chi connectivity index (χ1v) is 9.53. The van der Waals surface area contributed by atoms with Crippen LogP contribution in [0.5, 0.6) is 0 Å². The topological polar surface area (TPSA) is 75.3 Å². The monoisotopic (exact) mass is 371 g/mol. The molecule has 27 heavy (non-hydrogen) atoms. The summed E-state index contributed by atoms with van der Waals surface area (Å²) in [5.74, 6) is 0.898. The highest BCUT2D eigenvalue weighted by atomic mass is 16.1. The van der Waals surface area contributed by atoms with E-state index in [4.69, 9.17) is 5.73 Å². The van der Waals surface area contributed by atoms with E-state index in [2.05, 4.69) is 40.5 Å². The van der Waals surface area contributed by atoms with Crippen LogP contribution in [-0.2, 0) is 0 Å². The van der Waals surface area contributed by atoms with Crippen LogP contribution in [0.4, 0.5) is 11.6 Å². The van der Waals surface area contributed by atoms with Crippen LogP contribution in [0.15, 0.2) is 36.5 Å². The van der Waals surface area contributed by atoms with E-state index in [-0.39, 0.29) is 14.5 Å². The minimum Gasteiger partial charge on any atom is -0.383 e. The molecule has 0 spiro atoms. The van der Waals surface area contributed by atoms with Gasteiger partial charge in [-0.2, -0.15) is 0 Å². The molecule has 1 saturated heterocycles. The molecule has 0 aliphatic carbocycles. The number of nitrogens with zero attached hydrogens (tertiary/aromatic N) is 4. The summed E-state index contributed by atoms with van der Waals surface area (Å²) >= 11 is 0. The SMILES string of the molecule is CC(C)(C)CN1CCCN(c2cccc(C(=O)c3cccnc3N)n2)CC1.[HH].[HH]. The van der Waals surface area contributed by atoms with E-state index >= 15 is 0 Å². The zero-order valence-corrected chi connectivity index (χ0v) is 16.5. The number of carbonyl (C=O) groups is 1. The smallest absolute Gasteiger partial charge is 0.215 e. The summed E-state index contributed by atoms with van der Waals surface area (Å²) in [5.41, 5.74) is 6.95. The van der Waals surface area contributed by atoms with Crippen molar-refractivity contribution in [3.63, 3.8) is 0 Å². The lowest BCUT2D eigenvalue weighted by Gasteiger charge is -2.29. The Labute approximate surface area is 164 Å². The molecule has 3 rings (SSSR count). The summed E-state index contributed by atoms with van der Waals surface area (Å²) in [6, 6.07) is 9.01. The van der Waals surface area contributed by atoms with Crippen molar-refractivity contribution in [2.75, 3.05) is 43.4 Å². The number of carbonyl (C=O) groups excluding carboxylic acids is 1. The lowest BCUT2D eigenvalue weighted by molar-refractivity contribution is 0.103. The van der Waals surface area contributed by atoms with E-state index in [0.29, 0.717) is 16.7 Å². The first-order chi connectivity index (χ1) is 12.8. The second-order valence-electron chi connectivity index (χ2n) is 8.32. The van der Waals surface area contributed by atoms with Gasteiger partial charge in [0.1, 0.15) is 17.3 Å². The molecule has 0 atom stereocenters. The molecule has 0 unspecified atom stereocenters. The third-order valence-corrected chi connectivity index (χ3v) is 4.66. The molecule has 1 aliphatic rings. The average Bonchev–Trinajstić information content (AvgIpc) is 2.86. The lowest BCUT2D eigenvalue weighted by atomic mass is 9.96. The van der Waals surface area contributed by atoms with Crippen LogP contribution < -0.4 is 10.6 Å². The zero-order valence-electron chi connectivity index (χ0n) is 16.5. The van der Waals surface area contributed by atoms with Crippen molar-refractivity contribution in [3.05, 3.63) is 47.8 Å².